The van der Waals surface area contributed by atoms with Crippen LogP contribution in [0.3, 0.4) is 0 Å². The van der Waals surface area contributed by atoms with Gasteiger partial charge in [-0.05, 0) is 61.6 Å². The molecule has 196 valence electrons. The molecule has 0 fully saturated rings. The highest BCUT2D eigenvalue weighted by molar-refractivity contribution is 5.81. The molecule has 0 radical (unpaired) electrons. The van der Waals surface area contributed by atoms with E-state index in [0.717, 1.165) is 28.0 Å². The van der Waals surface area contributed by atoms with Gasteiger partial charge in [0.2, 0.25) is 0 Å². The van der Waals surface area contributed by atoms with E-state index in [2.05, 4.69) is 17.4 Å². The Bertz CT molecular complexity index is 1110. The van der Waals surface area contributed by atoms with Gasteiger partial charge in [-0.15, -0.1) is 0 Å². The van der Waals surface area contributed by atoms with Crippen molar-refractivity contribution in [3.8, 4) is 16.9 Å². The first-order valence-electron chi connectivity index (χ1n) is 12.5. The number of ether oxygens (including phenoxy) is 2. The number of hydrogen-bond donors (Lipinski definition) is 1. The molecule has 0 saturated heterocycles. The second-order valence-corrected chi connectivity index (χ2v) is 9.06. The van der Waals surface area contributed by atoms with E-state index in [1.54, 1.807) is 19.1 Å². The minimum absolute atomic E-state index is 0.0324. The van der Waals surface area contributed by atoms with Crippen molar-refractivity contribution in [2.75, 3.05) is 13.7 Å². The number of ketones is 1. The van der Waals surface area contributed by atoms with Crippen LogP contribution in [0.2, 0.25) is 0 Å². The van der Waals surface area contributed by atoms with Gasteiger partial charge in [0.05, 0.1) is 19.3 Å². The van der Waals surface area contributed by atoms with E-state index in [1.807, 2.05) is 80.6 Å². The van der Waals surface area contributed by atoms with E-state index in [1.165, 1.54) is 0 Å². The molecule has 0 aromatic heterocycles. The maximum Gasteiger partial charge on any atom is 0.407 e. The van der Waals surface area contributed by atoms with Gasteiger partial charge in [0.15, 0.2) is 0 Å². The lowest BCUT2D eigenvalue weighted by atomic mass is 10.0. The van der Waals surface area contributed by atoms with Gasteiger partial charge < -0.3 is 14.8 Å². The zero-order valence-electron chi connectivity index (χ0n) is 22.0. The average Bonchev–Trinajstić information content (AvgIpc) is 2.90. The van der Waals surface area contributed by atoms with Crippen LogP contribution in [0.5, 0.6) is 5.75 Å². The number of Topliss-reactive ketones (excluding diaryl/α,β-unsaturated/α-hetero) is 1. The van der Waals surface area contributed by atoms with Crippen LogP contribution < -0.4 is 10.1 Å². The van der Waals surface area contributed by atoms with Crippen molar-refractivity contribution < 1.29 is 23.9 Å². The van der Waals surface area contributed by atoms with Crippen molar-refractivity contribution in [2.45, 2.75) is 52.5 Å². The standard InChI is InChI=1S/C30H36N2O5/c1-22(2)37-32(20-24-10-12-26(13-11-24)27-14-16-28(35-4)17-15-27)29(23(3)33)18-19-31-30(34)36-21-25-8-6-5-7-9-25/h5-17,22,29H,18-21H2,1-4H3,(H,31,34)/t29-/m1/s1. The Morgan fingerprint density at radius 3 is 2.05 bits per heavy atom. The maximum absolute atomic E-state index is 12.6. The number of rotatable bonds is 13. The van der Waals surface area contributed by atoms with Crippen LogP contribution in [0.4, 0.5) is 4.79 Å². The molecule has 1 N–H and O–H groups in total. The molecule has 3 rings (SSSR count). The molecule has 0 aliphatic rings. The van der Waals surface area contributed by atoms with Crippen molar-refractivity contribution in [1.29, 1.82) is 0 Å². The van der Waals surface area contributed by atoms with E-state index in [9.17, 15) is 9.59 Å². The molecule has 3 aromatic carbocycles. The van der Waals surface area contributed by atoms with Gasteiger partial charge in [-0.3, -0.25) is 9.63 Å². The molecule has 0 bridgehead atoms. The molecule has 37 heavy (non-hydrogen) atoms. The highest BCUT2D eigenvalue weighted by Crippen LogP contribution is 2.24. The van der Waals surface area contributed by atoms with Gasteiger partial charge in [-0.1, -0.05) is 66.7 Å². The maximum atomic E-state index is 12.6. The number of nitrogens with one attached hydrogen (secondary N) is 1. The van der Waals surface area contributed by atoms with Crippen molar-refractivity contribution in [3.63, 3.8) is 0 Å². The molecule has 0 saturated carbocycles. The molecule has 0 unspecified atom stereocenters. The van der Waals surface area contributed by atoms with Crippen LogP contribution in [-0.2, 0) is 27.5 Å². The summed E-state index contributed by atoms with van der Waals surface area (Å²) in [5.74, 6) is 0.783. The number of amides is 1. The summed E-state index contributed by atoms with van der Waals surface area (Å²) in [7, 11) is 1.65. The summed E-state index contributed by atoms with van der Waals surface area (Å²) in [5, 5.41) is 4.45. The lowest BCUT2D eigenvalue weighted by Gasteiger charge is -2.31. The van der Waals surface area contributed by atoms with E-state index >= 15 is 0 Å². The van der Waals surface area contributed by atoms with Gasteiger partial charge in [0.25, 0.3) is 0 Å². The summed E-state index contributed by atoms with van der Waals surface area (Å²) in [4.78, 5) is 30.7. The Balaban J connectivity index is 1.59. The Hall–Kier alpha value is -3.68. The fourth-order valence-electron chi connectivity index (χ4n) is 3.89. The first kappa shape index (κ1) is 27.9. The zero-order valence-corrected chi connectivity index (χ0v) is 22.0. The smallest absolute Gasteiger partial charge is 0.407 e. The third-order valence-corrected chi connectivity index (χ3v) is 5.78. The van der Waals surface area contributed by atoms with Gasteiger partial charge in [-0.25, -0.2) is 4.79 Å². The highest BCUT2D eigenvalue weighted by atomic mass is 16.7. The number of hydroxylamine groups is 2. The van der Waals surface area contributed by atoms with Crippen LogP contribution in [0.1, 0.15) is 38.3 Å². The minimum atomic E-state index is -0.517. The highest BCUT2D eigenvalue weighted by Gasteiger charge is 2.25. The summed E-state index contributed by atoms with van der Waals surface area (Å²) in [5.41, 5.74) is 4.10. The lowest BCUT2D eigenvalue weighted by molar-refractivity contribution is -0.218. The van der Waals surface area contributed by atoms with E-state index < -0.39 is 12.1 Å². The molecule has 7 nitrogen and oxygen atoms in total. The van der Waals surface area contributed by atoms with E-state index in [-0.39, 0.29) is 25.0 Å². The monoisotopic (exact) mass is 504 g/mol. The van der Waals surface area contributed by atoms with Gasteiger partial charge in [-0.2, -0.15) is 5.06 Å². The van der Waals surface area contributed by atoms with Gasteiger partial charge in [0, 0.05) is 13.1 Å². The largest absolute Gasteiger partial charge is 0.497 e. The first-order chi connectivity index (χ1) is 17.9. The van der Waals surface area contributed by atoms with Crippen LogP contribution in [-0.4, -0.2) is 42.7 Å². The summed E-state index contributed by atoms with van der Waals surface area (Å²) >= 11 is 0. The second kappa shape index (κ2) is 14.2. The zero-order chi connectivity index (χ0) is 26.6. The molecule has 1 amide bonds. The Morgan fingerprint density at radius 2 is 1.49 bits per heavy atom. The fourth-order valence-corrected chi connectivity index (χ4v) is 3.89. The molecule has 0 spiro atoms. The summed E-state index contributed by atoms with van der Waals surface area (Å²) < 4.78 is 10.5. The third-order valence-electron chi connectivity index (χ3n) is 5.78. The molecule has 0 aliphatic heterocycles. The molecular weight excluding hydrogens is 468 g/mol. The average molecular weight is 505 g/mol. The number of benzene rings is 3. The number of carbonyl (C=O) groups is 2. The predicted molar refractivity (Wildman–Crippen MR) is 144 cm³/mol. The fraction of sp³-hybridized carbons (Fsp3) is 0.333. The Kier molecular flexibility index (Phi) is 10.7. The minimum Gasteiger partial charge on any atom is -0.497 e. The number of carbonyl (C=O) groups excluding carboxylic acids is 2. The number of alkyl carbamates (subject to hydrolysis) is 1. The van der Waals surface area contributed by atoms with Crippen molar-refractivity contribution in [1.82, 2.24) is 10.4 Å². The molecular formula is C30H36N2O5. The SMILES string of the molecule is COc1ccc(-c2ccc(CN(OC(C)C)[C@H](CCNC(=O)OCc3ccccc3)C(C)=O)cc2)cc1. The summed E-state index contributed by atoms with van der Waals surface area (Å²) in [6.07, 6.45) is -0.229. The van der Waals surface area contributed by atoms with Crippen molar-refractivity contribution in [3.05, 3.63) is 90.0 Å². The van der Waals surface area contributed by atoms with Gasteiger partial charge >= 0.3 is 6.09 Å². The van der Waals surface area contributed by atoms with Crippen LogP contribution in [0.25, 0.3) is 11.1 Å². The van der Waals surface area contributed by atoms with Crippen LogP contribution in [0, 0.1) is 0 Å². The van der Waals surface area contributed by atoms with E-state index in [0.29, 0.717) is 13.0 Å². The number of methoxy groups -OCH3 is 1. The normalized spacial score (nSPS) is 11.8. The topological polar surface area (TPSA) is 77.1 Å². The molecule has 7 heteroatoms. The third kappa shape index (κ3) is 9.04. The molecule has 0 aliphatic carbocycles. The Labute approximate surface area is 219 Å². The second-order valence-electron chi connectivity index (χ2n) is 9.06. The van der Waals surface area contributed by atoms with Gasteiger partial charge in [0.1, 0.15) is 18.1 Å². The number of hydrogen-bond acceptors (Lipinski definition) is 6. The lowest BCUT2D eigenvalue weighted by Crippen LogP contribution is -2.43. The first-order valence-corrected chi connectivity index (χ1v) is 12.5. The van der Waals surface area contributed by atoms with Crippen molar-refractivity contribution in [2.24, 2.45) is 0 Å². The number of nitrogens with zero attached hydrogens (tertiary/aromatic N) is 1. The molecule has 3 aromatic rings. The van der Waals surface area contributed by atoms with E-state index in [4.69, 9.17) is 14.3 Å². The summed E-state index contributed by atoms with van der Waals surface area (Å²) in [6, 6.07) is 25.0. The molecule has 0 heterocycles. The predicted octanol–water partition coefficient (Wildman–Crippen LogP) is 5.78. The van der Waals surface area contributed by atoms with Crippen LogP contribution >= 0.6 is 0 Å². The Morgan fingerprint density at radius 1 is 0.865 bits per heavy atom. The summed E-state index contributed by atoms with van der Waals surface area (Å²) in [6.45, 7) is 6.31. The van der Waals surface area contributed by atoms with Crippen LogP contribution in [0.15, 0.2) is 78.9 Å². The van der Waals surface area contributed by atoms with Crippen molar-refractivity contribution >= 4 is 11.9 Å². The molecule has 1 atom stereocenters. The quantitative estimate of drug-likeness (QED) is 0.298.